The molecule has 1 heterocycles. The van der Waals surface area contributed by atoms with Crippen LogP contribution in [0.4, 0.5) is 0 Å². The van der Waals surface area contributed by atoms with E-state index in [1.165, 1.54) is 17.9 Å². The first-order valence-electron chi connectivity index (χ1n) is 7.17. The highest BCUT2D eigenvalue weighted by Gasteiger charge is 2.16. The molecule has 2 aromatic carbocycles. The van der Waals surface area contributed by atoms with Gasteiger partial charge in [-0.2, -0.15) is 0 Å². The number of carboxylic acid groups (broad SMARTS) is 1. The summed E-state index contributed by atoms with van der Waals surface area (Å²) in [4.78, 5) is 23.8. The molecule has 0 saturated heterocycles. The standard InChI is InChI=1S/C18H14ClNO4/c1-24-14-6-7-16-15(9-14)12(8-17(21)22)10-20(16)18(23)11-2-4-13(19)5-3-11/h2-7,9-10H,8H2,1H3,(H,21,22)/p-1. The summed E-state index contributed by atoms with van der Waals surface area (Å²) in [5.41, 5.74) is 1.55. The summed E-state index contributed by atoms with van der Waals surface area (Å²) in [6.07, 6.45) is 1.24. The van der Waals surface area contributed by atoms with Crippen molar-refractivity contribution < 1.29 is 19.4 Å². The number of aliphatic carboxylic acids is 1. The first kappa shape index (κ1) is 16.1. The lowest BCUT2D eigenvalue weighted by molar-refractivity contribution is -0.304. The fourth-order valence-electron chi connectivity index (χ4n) is 2.60. The van der Waals surface area contributed by atoms with Crippen molar-refractivity contribution in [3.63, 3.8) is 0 Å². The topological polar surface area (TPSA) is 71.4 Å². The zero-order chi connectivity index (χ0) is 17.3. The van der Waals surface area contributed by atoms with Crippen molar-refractivity contribution in [2.75, 3.05) is 7.11 Å². The molecular weight excluding hydrogens is 330 g/mol. The van der Waals surface area contributed by atoms with E-state index in [0.29, 0.717) is 32.8 Å². The molecule has 0 fully saturated rings. The van der Waals surface area contributed by atoms with Crippen LogP contribution in [0.25, 0.3) is 10.9 Å². The zero-order valence-corrected chi connectivity index (χ0v) is 13.5. The van der Waals surface area contributed by atoms with Crippen LogP contribution in [0, 0.1) is 0 Å². The predicted octanol–water partition coefficient (Wildman–Crippen LogP) is 2.28. The Labute approximate surface area is 143 Å². The van der Waals surface area contributed by atoms with Gasteiger partial charge in [-0.05, 0) is 48.0 Å². The largest absolute Gasteiger partial charge is 0.550 e. The lowest BCUT2D eigenvalue weighted by atomic mass is 10.1. The number of benzene rings is 2. The maximum Gasteiger partial charge on any atom is 0.262 e. The molecule has 0 unspecified atom stereocenters. The molecule has 0 atom stereocenters. The second kappa shape index (κ2) is 6.37. The second-order valence-corrected chi connectivity index (χ2v) is 5.70. The Morgan fingerprint density at radius 1 is 1.17 bits per heavy atom. The number of carboxylic acids is 1. The van der Waals surface area contributed by atoms with E-state index < -0.39 is 5.97 Å². The number of rotatable bonds is 4. The molecule has 6 heteroatoms. The van der Waals surface area contributed by atoms with Crippen LogP contribution in [-0.4, -0.2) is 23.6 Å². The summed E-state index contributed by atoms with van der Waals surface area (Å²) in [5.74, 6) is -0.902. The molecule has 24 heavy (non-hydrogen) atoms. The average Bonchev–Trinajstić information content (AvgIpc) is 2.92. The van der Waals surface area contributed by atoms with Crippen molar-refractivity contribution in [2.24, 2.45) is 0 Å². The highest BCUT2D eigenvalue weighted by molar-refractivity contribution is 6.30. The Morgan fingerprint density at radius 2 is 1.88 bits per heavy atom. The Bertz CT molecular complexity index is 928. The molecule has 0 aliphatic rings. The first-order valence-corrected chi connectivity index (χ1v) is 7.55. The molecule has 3 rings (SSSR count). The SMILES string of the molecule is COc1ccc2c(c1)c(CC(=O)[O-])cn2C(=O)c1ccc(Cl)cc1. The van der Waals surface area contributed by atoms with Crippen LogP contribution in [-0.2, 0) is 11.2 Å². The third kappa shape index (κ3) is 2.98. The fourth-order valence-corrected chi connectivity index (χ4v) is 2.73. The van der Waals surface area contributed by atoms with Gasteiger partial charge in [-0.25, -0.2) is 0 Å². The molecule has 0 aliphatic heterocycles. The number of fused-ring (bicyclic) bond motifs is 1. The van der Waals surface area contributed by atoms with Gasteiger partial charge >= 0.3 is 0 Å². The van der Waals surface area contributed by atoms with E-state index in [0.717, 1.165) is 0 Å². The van der Waals surface area contributed by atoms with Crippen LogP contribution in [0.15, 0.2) is 48.7 Å². The molecule has 0 aliphatic carbocycles. The van der Waals surface area contributed by atoms with Gasteiger partial charge in [-0.1, -0.05) is 11.6 Å². The van der Waals surface area contributed by atoms with Crippen LogP contribution < -0.4 is 9.84 Å². The lowest BCUT2D eigenvalue weighted by Crippen LogP contribution is -2.24. The van der Waals surface area contributed by atoms with Gasteiger partial charge in [0, 0.05) is 34.6 Å². The van der Waals surface area contributed by atoms with Gasteiger partial charge in [0.1, 0.15) is 5.75 Å². The normalized spacial score (nSPS) is 10.8. The van der Waals surface area contributed by atoms with Crippen LogP contribution in [0.3, 0.4) is 0 Å². The van der Waals surface area contributed by atoms with Gasteiger partial charge in [-0.3, -0.25) is 9.36 Å². The molecule has 0 saturated carbocycles. The number of carbonyl (C=O) groups is 2. The summed E-state index contributed by atoms with van der Waals surface area (Å²) in [6.45, 7) is 0. The number of hydrogen-bond acceptors (Lipinski definition) is 4. The van der Waals surface area contributed by atoms with Gasteiger partial charge < -0.3 is 14.6 Å². The van der Waals surface area contributed by atoms with Crippen molar-refractivity contribution in [3.05, 3.63) is 64.8 Å². The van der Waals surface area contributed by atoms with E-state index in [1.54, 1.807) is 42.5 Å². The van der Waals surface area contributed by atoms with E-state index in [-0.39, 0.29) is 12.3 Å². The summed E-state index contributed by atoms with van der Waals surface area (Å²) in [7, 11) is 1.52. The van der Waals surface area contributed by atoms with Crippen molar-refractivity contribution in [1.82, 2.24) is 4.57 Å². The average molecular weight is 343 g/mol. The summed E-state index contributed by atoms with van der Waals surface area (Å²) in [6, 6.07) is 11.7. The Balaban J connectivity index is 2.15. The summed E-state index contributed by atoms with van der Waals surface area (Å²) in [5, 5.41) is 12.2. The van der Waals surface area contributed by atoms with Gasteiger partial charge in [0.05, 0.1) is 12.6 Å². The molecule has 1 aromatic heterocycles. The van der Waals surface area contributed by atoms with Crippen molar-refractivity contribution in [3.8, 4) is 5.75 Å². The quantitative estimate of drug-likeness (QED) is 0.729. The van der Waals surface area contributed by atoms with Crippen molar-refractivity contribution in [2.45, 2.75) is 6.42 Å². The van der Waals surface area contributed by atoms with Crippen LogP contribution in [0.5, 0.6) is 5.75 Å². The number of aromatic nitrogens is 1. The van der Waals surface area contributed by atoms with Crippen LogP contribution in [0.1, 0.15) is 15.9 Å². The minimum atomic E-state index is -1.21. The van der Waals surface area contributed by atoms with Gasteiger partial charge in [0.2, 0.25) is 0 Å². The van der Waals surface area contributed by atoms with Crippen LogP contribution in [0.2, 0.25) is 5.02 Å². The number of carbonyl (C=O) groups excluding carboxylic acids is 2. The fraction of sp³-hybridized carbons (Fsp3) is 0.111. The molecule has 5 nitrogen and oxygen atoms in total. The monoisotopic (exact) mass is 342 g/mol. The van der Waals surface area contributed by atoms with Gasteiger partial charge in [0.25, 0.3) is 5.91 Å². The number of nitrogens with zero attached hydrogens (tertiary/aromatic N) is 1. The highest BCUT2D eigenvalue weighted by atomic mass is 35.5. The summed E-state index contributed by atoms with van der Waals surface area (Å²) >= 11 is 5.85. The molecule has 3 aromatic rings. The summed E-state index contributed by atoms with van der Waals surface area (Å²) < 4.78 is 6.60. The first-order chi connectivity index (χ1) is 11.5. The number of methoxy groups -OCH3 is 1. The smallest absolute Gasteiger partial charge is 0.262 e. The number of hydrogen-bond donors (Lipinski definition) is 0. The third-order valence-electron chi connectivity index (χ3n) is 3.74. The number of ether oxygens (including phenoxy) is 1. The Hall–Kier alpha value is -2.79. The van der Waals surface area contributed by atoms with E-state index >= 15 is 0 Å². The molecule has 0 radical (unpaired) electrons. The predicted molar refractivity (Wildman–Crippen MR) is 88.4 cm³/mol. The van der Waals surface area contributed by atoms with Crippen molar-refractivity contribution >= 4 is 34.4 Å². The third-order valence-corrected chi connectivity index (χ3v) is 3.99. The highest BCUT2D eigenvalue weighted by Crippen LogP contribution is 2.27. The molecule has 0 amide bonds. The molecule has 122 valence electrons. The van der Waals surface area contributed by atoms with E-state index in [2.05, 4.69) is 0 Å². The van der Waals surface area contributed by atoms with Gasteiger partial charge in [0.15, 0.2) is 0 Å². The van der Waals surface area contributed by atoms with E-state index in [4.69, 9.17) is 16.3 Å². The van der Waals surface area contributed by atoms with E-state index in [9.17, 15) is 14.7 Å². The zero-order valence-electron chi connectivity index (χ0n) is 12.8. The van der Waals surface area contributed by atoms with Crippen LogP contribution >= 0.6 is 11.6 Å². The maximum absolute atomic E-state index is 12.8. The Kier molecular flexibility index (Phi) is 4.27. The minimum absolute atomic E-state index is 0.272. The second-order valence-electron chi connectivity index (χ2n) is 5.27. The molecule has 0 bridgehead atoms. The molecule has 0 spiro atoms. The maximum atomic E-state index is 12.8. The molecular formula is C18H13ClNO4-. The minimum Gasteiger partial charge on any atom is -0.550 e. The van der Waals surface area contributed by atoms with Gasteiger partial charge in [-0.15, -0.1) is 0 Å². The molecule has 0 N–H and O–H groups in total. The van der Waals surface area contributed by atoms with E-state index in [1.807, 2.05) is 0 Å². The Morgan fingerprint density at radius 3 is 2.50 bits per heavy atom. The number of halogens is 1. The van der Waals surface area contributed by atoms with Crippen molar-refractivity contribution in [1.29, 1.82) is 0 Å². The lowest BCUT2D eigenvalue weighted by Gasteiger charge is -2.05.